The van der Waals surface area contributed by atoms with Crippen LogP contribution < -0.4 is 5.32 Å². The maximum Gasteiger partial charge on any atom is 0.0623 e. The van der Waals surface area contributed by atoms with Crippen LogP contribution in [0.5, 0.6) is 0 Å². The summed E-state index contributed by atoms with van der Waals surface area (Å²) in [7, 11) is 0. The fraction of sp³-hybridized carbons (Fsp3) is 0.385. The van der Waals surface area contributed by atoms with E-state index in [1.807, 2.05) is 0 Å². The summed E-state index contributed by atoms with van der Waals surface area (Å²) in [5.41, 5.74) is 2.59. The molecule has 0 saturated carbocycles. The largest absolute Gasteiger partial charge is 0.379 e. The molecule has 0 spiro atoms. The molecule has 1 aliphatic heterocycles. The van der Waals surface area contributed by atoms with Gasteiger partial charge in [0.25, 0.3) is 0 Å². The summed E-state index contributed by atoms with van der Waals surface area (Å²) in [5, 5.41) is 4.81. The molecule has 0 amide bonds. The van der Waals surface area contributed by atoms with Gasteiger partial charge in [-0.05, 0) is 18.1 Å². The second-order valence-electron chi connectivity index (χ2n) is 4.29. The number of para-hydroxylation sites is 1. The van der Waals surface area contributed by atoms with Gasteiger partial charge in [0.2, 0.25) is 0 Å². The van der Waals surface area contributed by atoms with E-state index < -0.39 is 0 Å². The van der Waals surface area contributed by atoms with Crippen molar-refractivity contribution in [2.75, 3.05) is 19.8 Å². The molecule has 2 N–H and O–H groups in total. The summed E-state index contributed by atoms with van der Waals surface area (Å²) in [5.74, 6) is 0. The molecule has 1 fully saturated rings. The monoisotopic (exact) mass is 216 g/mol. The molecule has 84 valence electrons. The Morgan fingerprint density at radius 1 is 1.31 bits per heavy atom. The average molecular weight is 216 g/mol. The van der Waals surface area contributed by atoms with Crippen LogP contribution in [0.25, 0.3) is 10.9 Å². The molecule has 3 heteroatoms. The fourth-order valence-electron chi connectivity index (χ4n) is 2.32. The molecule has 3 nitrogen and oxygen atoms in total. The predicted octanol–water partition coefficient (Wildman–Crippen LogP) is 1.70. The second-order valence-corrected chi connectivity index (χ2v) is 4.29. The second kappa shape index (κ2) is 4.28. The van der Waals surface area contributed by atoms with Gasteiger partial charge in [-0.15, -0.1) is 0 Å². The summed E-state index contributed by atoms with van der Waals surface area (Å²) in [6, 6.07) is 8.89. The van der Waals surface area contributed by atoms with Gasteiger partial charge in [-0.25, -0.2) is 0 Å². The molecule has 3 rings (SSSR count). The van der Waals surface area contributed by atoms with E-state index in [0.29, 0.717) is 6.04 Å². The summed E-state index contributed by atoms with van der Waals surface area (Å²) >= 11 is 0. The van der Waals surface area contributed by atoms with Crippen LogP contribution in [-0.2, 0) is 11.2 Å². The number of hydrogen-bond donors (Lipinski definition) is 2. The van der Waals surface area contributed by atoms with E-state index >= 15 is 0 Å². The number of nitrogens with one attached hydrogen (secondary N) is 2. The molecule has 1 saturated heterocycles. The zero-order chi connectivity index (χ0) is 10.8. The molecule has 2 aromatic rings. The lowest BCUT2D eigenvalue weighted by molar-refractivity contribution is 0.0771. The molecule has 1 atom stereocenters. The fourth-order valence-corrected chi connectivity index (χ4v) is 2.32. The van der Waals surface area contributed by atoms with Crippen molar-refractivity contribution in [3.05, 3.63) is 36.0 Å². The molecule has 1 aromatic heterocycles. The number of H-pyrrole nitrogens is 1. The van der Waals surface area contributed by atoms with Crippen LogP contribution in [0.15, 0.2) is 30.5 Å². The summed E-state index contributed by atoms with van der Waals surface area (Å²) in [6.07, 6.45) is 3.14. The molecule has 0 radical (unpaired) electrons. The zero-order valence-corrected chi connectivity index (χ0v) is 9.20. The maximum absolute atomic E-state index is 5.47. The lowest BCUT2D eigenvalue weighted by Crippen LogP contribution is -2.42. The third-order valence-corrected chi connectivity index (χ3v) is 3.14. The topological polar surface area (TPSA) is 37.0 Å². The molecular weight excluding hydrogens is 200 g/mol. The number of aromatic amines is 1. The SMILES string of the molecule is c1ccc2c(C[C@H]3COCCN3)c[nH]c2c1. The maximum atomic E-state index is 5.47. The number of rotatable bonds is 2. The smallest absolute Gasteiger partial charge is 0.0623 e. The van der Waals surface area contributed by atoms with E-state index in [-0.39, 0.29) is 0 Å². The van der Waals surface area contributed by atoms with E-state index in [4.69, 9.17) is 4.74 Å². The van der Waals surface area contributed by atoms with Crippen molar-refractivity contribution in [3.63, 3.8) is 0 Å². The van der Waals surface area contributed by atoms with Gasteiger partial charge in [0.1, 0.15) is 0 Å². The summed E-state index contributed by atoms with van der Waals surface area (Å²) in [6.45, 7) is 2.62. The highest BCUT2D eigenvalue weighted by atomic mass is 16.5. The number of benzene rings is 1. The van der Waals surface area contributed by atoms with Crippen molar-refractivity contribution < 1.29 is 4.74 Å². The third kappa shape index (κ3) is 1.84. The molecule has 1 aliphatic rings. The van der Waals surface area contributed by atoms with Crippen LogP contribution >= 0.6 is 0 Å². The Morgan fingerprint density at radius 2 is 2.25 bits per heavy atom. The van der Waals surface area contributed by atoms with E-state index in [1.165, 1.54) is 16.5 Å². The minimum atomic E-state index is 0.452. The first-order valence-electron chi connectivity index (χ1n) is 5.79. The van der Waals surface area contributed by atoms with Crippen molar-refractivity contribution in [1.82, 2.24) is 10.3 Å². The van der Waals surface area contributed by atoms with Crippen molar-refractivity contribution in [2.24, 2.45) is 0 Å². The lowest BCUT2D eigenvalue weighted by atomic mass is 10.1. The molecule has 16 heavy (non-hydrogen) atoms. The first-order chi connectivity index (χ1) is 7.93. The van der Waals surface area contributed by atoms with Crippen LogP contribution in [0, 0.1) is 0 Å². The average Bonchev–Trinajstić information content (AvgIpc) is 2.74. The Balaban J connectivity index is 1.83. The van der Waals surface area contributed by atoms with Crippen molar-refractivity contribution in [2.45, 2.75) is 12.5 Å². The van der Waals surface area contributed by atoms with Crippen LogP contribution in [0.4, 0.5) is 0 Å². The van der Waals surface area contributed by atoms with Gasteiger partial charge in [-0.1, -0.05) is 18.2 Å². The highest BCUT2D eigenvalue weighted by Gasteiger charge is 2.15. The normalized spacial score (nSPS) is 21.4. The van der Waals surface area contributed by atoms with E-state index in [1.54, 1.807) is 0 Å². The minimum absolute atomic E-state index is 0.452. The highest BCUT2D eigenvalue weighted by molar-refractivity contribution is 5.83. The summed E-state index contributed by atoms with van der Waals surface area (Å²) in [4.78, 5) is 3.31. The first-order valence-corrected chi connectivity index (χ1v) is 5.79. The minimum Gasteiger partial charge on any atom is -0.379 e. The predicted molar refractivity (Wildman–Crippen MR) is 64.6 cm³/mol. The Morgan fingerprint density at radius 3 is 3.12 bits per heavy atom. The van der Waals surface area contributed by atoms with E-state index in [9.17, 15) is 0 Å². The van der Waals surface area contributed by atoms with Gasteiger partial charge in [-0.3, -0.25) is 0 Å². The lowest BCUT2D eigenvalue weighted by Gasteiger charge is -2.23. The van der Waals surface area contributed by atoms with Crippen LogP contribution in [-0.4, -0.2) is 30.8 Å². The summed E-state index contributed by atoms with van der Waals surface area (Å²) < 4.78 is 5.47. The molecule has 2 heterocycles. The van der Waals surface area contributed by atoms with Crippen molar-refractivity contribution in [3.8, 4) is 0 Å². The third-order valence-electron chi connectivity index (χ3n) is 3.14. The van der Waals surface area contributed by atoms with Gasteiger partial charge in [0.05, 0.1) is 13.2 Å². The quantitative estimate of drug-likeness (QED) is 0.801. The molecular formula is C13H16N2O. The Hall–Kier alpha value is -1.32. The zero-order valence-electron chi connectivity index (χ0n) is 9.20. The molecule has 1 aromatic carbocycles. The van der Waals surface area contributed by atoms with E-state index in [0.717, 1.165) is 26.2 Å². The standard InChI is InChI=1S/C13H16N2O/c1-2-4-13-12(3-1)10(8-15-13)7-11-9-16-6-5-14-11/h1-4,8,11,14-15H,5-7,9H2/t11-/m0/s1. The first kappa shape index (κ1) is 9.87. The van der Waals surface area contributed by atoms with Crippen LogP contribution in [0.2, 0.25) is 0 Å². The number of ether oxygens (including phenoxy) is 1. The molecule has 0 bridgehead atoms. The van der Waals surface area contributed by atoms with Gasteiger partial charge in [0.15, 0.2) is 0 Å². The van der Waals surface area contributed by atoms with Crippen molar-refractivity contribution >= 4 is 10.9 Å². The van der Waals surface area contributed by atoms with Gasteiger partial charge in [0, 0.05) is 29.7 Å². The Kier molecular flexibility index (Phi) is 2.64. The molecule has 0 aliphatic carbocycles. The number of hydrogen-bond acceptors (Lipinski definition) is 2. The number of morpholine rings is 1. The number of aromatic nitrogens is 1. The molecule has 0 unspecified atom stereocenters. The van der Waals surface area contributed by atoms with Crippen LogP contribution in [0.1, 0.15) is 5.56 Å². The van der Waals surface area contributed by atoms with Crippen molar-refractivity contribution in [1.29, 1.82) is 0 Å². The Bertz CT molecular complexity index is 471. The van der Waals surface area contributed by atoms with Gasteiger partial charge < -0.3 is 15.0 Å². The number of fused-ring (bicyclic) bond motifs is 1. The van der Waals surface area contributed by atoms with Gasteiger partial charge >= 0.3 is 0 Å². The Labute approximate surface area is 94.8 Å². The van der Waals surface area contributed by atoms with Gasteiger partial charge in [-0.2, -0.15) is 0 Å². The van der Waals surface area contributed by atoms with Crippen LogP contribution in [0.3, 0.4) is 0 Å². The highest BCUT2D eigenvalue weighted by Crippen LogP contribution is 2.19. The van der Waals surface area contributed by atoms with E-state index in [2.05, 4.69) is 40.8 Å².